The van der Waals surface area contributed by atoms with Gasteiger partial charge in [-0.1, -0.05) is 5.92 Å². The van der Waals surface area contributed by atoms with E-state index in [0.717, 1.165) is 0 Å². The SMILES string of the molecule is C#Cc1cc(N(C)C)c2c(c1O)C(=O)C1=C(O)[C@@]3(O)C(=O)C(C(N)=O)=C(O)[C@H](N(C)C)[C@H]3C[C@H]1C2. The molecule has 10 heteroatoms. The Morgan fingerprint density at radius 1 is 1.20 bits per heavy atom. The highest BCUT2D eigenvalue weighted by atomic mass is 16.3. The molecule has 1 aromatic carbocycles. The molecule has 6 N–H and O–H groups in total. The van der Waals surface area contributed by atoms with Crippen LogP contribution in [0.2, 0.25) is 0 Å². The Balaban J connectivity index is 2.01. The van der Waals surface area contributed by atoms with Gasteiger partial charge in [-0.05, 0) is 44.5 Å². The van der Waals surface area contributed by atoms with E-state index in [1.807, 2.05) is 0 Å². The lowest BCUT2D eigenvalue weighted by atomic mass is 9.58. The first kappa shape index (κ1) is 24.3. The van der Waals surface area contributed by atoms with Gasteiger partial charge in [-0.15, -0.1) is 6.42 Å². The zero-order valence-electron chi connectivity index (χ0n) is 19.8. The van der Waals surface area contributed by atoms with Crippen LogP contribution in [0.3, 0.4) is 0 Å². The fraction of sp³-hybridized carbons (Fsp3) is 0.400. The van der Waals surface area contributed by atoms with Gasteiger partial charge < -0.3 is 31.1 Å². The van der Waals surface area contributed by atoms with E-state index in [0.29, 0.717) is 11.3 Å². The van der Waals surface area contributed by atoms with Gasteiger partial charge in [0.2, 0.25) is 5.78 Å². The van der Waals surface area contributed by atoms with Crippen molar-refractivity contribution in [2.75, 3.05) is 33.1 Å². The number of hydrogen-bond donors (Lipinski definition) is 5. The van der Waals surface area contributed by atoms with Crippen molar-refractivity contribution in [1.82, 2.24) is 4.90 Å². The molecule has 3 aliphatic carbocycles. The molecule has 10 nitrogen and oxygen atoms in total. The van der Waals surface area contributed by atoms with Crippen LogP contribution in [0.5, 0.6) is 5.75 Å². The standard InChI is InChI=1S/C25H27N3O7/c1-6-10-9-14(27(2)3)12-7-11-8-13-18(28(4)5)21(31)17(24(26)34)23(33)25(13,35)22(32)15(11)20(30)16(12)19(10)29/h1,9,11,13,18,29,31-32,35H,7-8H2,2-5H3,(H2,26,34)/t11-,13-,18-,25-/m1/s1. The predicted molar refractivity (Wildman–Crippen MR) is 126 cm³/mol. The van der Waals surface area contributed by atoms with Crippen LogP contribution in [0.4, 0.5) is 5.69 Å². The second-order valence-electron chi connectivity index (χ2n) is 9.65. The Morgan fingerprint density at radius 3 is 2.34 bits per heavy atom. The van der Waals surface area contributed by atoms with Gasteiger partial charge in [0, 0.05) is 31.3 Å². The lowest BCUT2D eigenvalue weighted by Gasteiger charge is -2.50. The zero-order valence-corrected chi connectivity index (χ0v) is 19.8. The Labute approximate surface area is 201 Å². The number of phenolic OH excluding ortho intramolecular Hbond substituents is 1. The monoisotopic (exact) mass is 481 g/mol. The molecule has 4 atom stereocenters. The molecular formula is C25H27N3O7. The number of nitrogens with zero attached hydrogens (tertiary/aromatic N) is 2. The number of fused-ring (bicyclic) bond motifs is 3. The number of anilines is 1. The van der Waals surface area contributed by atoms with Crippen molar-refractivity contribution < 1.29 is 34.8 Å². The number of carbonyl (C=O) groups is 3. The van der Waals surface area contributed by atoms with E-state index in [9.17, 15) is 34.8 Å². The van der Waals surface area contributed by atoms with Crippen LogP contribution in [0.1, 0.15) is 27.9 Å². The van der Waals surface area contributed by atoms with Crippen molar-refractivity contribution in [2.24, 2.45) is 17.6 Å². The lowest BCUT2D eigenvalue weighted by molar-refractivity contribution is -0.148. The van der Waals surface area contributed by atoms with E-state index in [1.165, 1.54) is 4.90 Å². The third-order valence-corrected chi connectivity index (χ3v) is 7.34. The van der Waals surface area contributed by atoms with Gasteiger partial charge in [0.25, 0.3) is 5.91 Å². The molecular weight excluding hydrogens is 454 g/mol. The number of benzene rings is 1. The number of carbonyl (C=O) groups excluding carboxylic acids is 3. The smallest absolute Gasteiger partial charge is 0.255 e. The van der Waals surface area contributed by atoms with Crippen LogP contribution in [-0.4, -0.2) is 82.6 Å². The number of allylic oxidation sites excluding steroid dienone is 1. The summed E-state index contributed by atoms with van der Waals surface area (Å²) in [6, 6.07) is 0.557. The highest BCUT2D eigenvalue weighted by molar-refractivity contribution is 6.25. The van der Waals surface area contributed by atoms with Crippen molar-refractivity contribution in [3.8, 4) is 18.1 Å². The highest BCUT2D eigenvalue weighted by Crippen LogP contribution is 2.53. The Kier molecular flexibility index (Phi) is 5.46. The number of primary amides is 1. The van der Waals surface area contributed by atoms with Crippen LogP contribution in [-0.2, 0) is 16.0 Å². The van der Waals surface area contributed by atoms with Crippen LogP contribution in [0, 0.1) is 24.2 Å². The number of nitrogens with two attached hydrogens (primary N) is 1. The maximum Gasteiger partial charge on any atom is 0.255 e. The summed E-state index contributed by atoms with van der Waals surface area (Å²) in [5.74, 6) is -4.63. The third-order valence-electron chi connectivity index (χ3n) is 7.34. The van der Waals surface area contributed by atoms with Gasteiger partial charge in [-0.3, -0.25) is 19.3 Å². The molecule has 1 amide bonds. The second-order valence-corrected chi connectivity index (χ2v) is 9.65. The first-order valence-electron chi connectivity index (χ1n) is 11.0. The summed E-state index contributed by atoms with van der Waals surface area (Å²) in [5, 5.41) is 44.5. The van der Waals surface area contributed by atoms with Gasteiger partial charge in [0.05, 0.1) is 17.2 Å². The van der Waals surface area contributed by atoms with E-state index < -0.39 is 63.8 Å². The van der Waals surface area contributed by atoms with Crippen LogP contribution < -0.4 is 10.6 Å². The van der Waals surface area contributed by atoms with Crippen molar-refractivity contribution in [1.29, 1.82) is 0 Å². The molecule has 0 fully saturated rings. The largest absolute Gasteiger partial charge is 0.510 e. The number of Topliss-reactive ketones (excluding diaryl/α,β-unsaturated/α-hetero) is 2. The number of aliphatic hydroxyl groups is 3. The summed E-state index contributed by atoms with van der Waals surface area (Å²) in [6.45, 7) is 0. The summed E-state index contributed by atoms with van der Waals surface area (Å²) in [5.41, 5.74) is 2.69. The molecule has 35 heavy (non-hydrogen) atoms. The van der Waals surface area contributed by atoms with Gasteiger partial charge in [0.1, 0.15) is 22.8 Å². The van der Waals surface area contributed by atoms with Crippen molar-refractivity contribution >= 4 is 23.2 Å². The minimum atomic E-state index is -2.67. The summed E-state index contributed by atoms with van der Waals surface area (Å²) < 4.78 is 0. The van der Waals surface area contributed by atoms with Gasteiger partial charge in [-0.25, -0.2) is 0 Å². The molecule has 0 heterocycles. The minimum absolute atomic E-state index is 0.0241. The molecule has 0 aliphatic heterocycles. The first-order chi connectivity index (χ1) is 16.3. The number of ketones is 2. The van der Waals surface area contributed by atoms with Crippen LogP contribution >= 0.6 is 0 Å². The number of terminal acetylenes is 1. The maximum absolute atomic E-state index is 13.7. The molecule has 1 aromatic rings. The van der Waals surface area contributed by atoms with Gasteiger partial charge >= 0.3 is 0 Å². The van der Waals surface area contributed by atoms with Crippen LogP contribution in [0.25, 0.3) is 0 Å². The quantitative estimate of drug-likeness (QED) is 0.299. The van der Waals surface area contributed by atoms with Gasteiger partial charge in [0.15, 0.2) is 11.4 Å². The second kappa shape index (κ2) is 7.86. The number of amides is 1. The summed E-state index contributed by atoms with van der Waals surface area (Å²) in [6.07, 6.45) is 5.74. The summed E-state index contributed by atoms with van der Waals surface area (Å²) in [4.78, 5) is 42.3. The van der Waals surface area contributed by atoms with Crippen molar-refractivity contribution in [2.45, 2.75) is 24.5 Å². The third kappa shape index (κ3) is 3.08. The lowest BCUT2D eigenvalue weighted by Crippen LogP contribution is -2.63. The molecule has 0 saturated heterocycles. The van der Waals surface area contributed by atoms with E-state index in [-0.39, 0.29) is 29.5 Å². The zero-order chi connectivity index (χ0) is 26.1. The van der Waals surface area contributed by atoms with Crippen molar-refractivity contribution in [3.63, 3.8) is 0 Å². The first-order valence-corrected chi connectivity index (χ1v) is 11.0. The Hall–Kier alpha value is -3.81. The fourth-order valence-electron chi connectivity index (χ4n) is 5.81. The molecule has 0 radical (unpaired) electrons. The van der Waals surface area contributed by atoms with E-state index in [4.69, 9.17) is 12.2 Å². The molecule has 184 valence electrons. The Morgan fingerprint density at radius 2 is 1.83 bits per heavy atom. The molecule has 0 aromatic heterocycles. The molecule has 0 unspecified atom stereocenters. The number of rotatable bonds is 3. The van der Waals surface area contributed by atoms with E-state index in [1.54, 1.807) is 39.2 Å². The van der Waals surface area contributed by atoms with Crippen molar-refractivity contribution in [3.05, 3.63) is 45.4 Å². The van der Waals surface area contributed by atoms with E-state index >= 15 is 0 Å². The highest BCUT2D eigenvalue weighted by Gasteiger charge is 2.63. The Bertz CT molecular complexity index is 1300. The number of aliphatic hydroxyl groups excluding tert-OH is 2. The summed E-state index contributed by atoms with van der Waals surface area (Å²) in [7, 11) is 6.68. The molecule has 0 saturated carbocycles. The number of hydrogen-bond acceptors (Lipinski definition) is 9. The number of aromatic hydroxyl groups is 1. The molecule has 3 aliphatic rings. The van der Waals surface area contributed by atoms with E-state index in [2.05, 4.69) is 5.92 Å². The number of likely N-dealkylation sites (N-methyl/N-ethyl adjacent to an activating group) is 1. The average molecular weight is 482 g/mol. The molecule has 0 spiro atoms. The normalized spacial score (nSPS) is 27.9. The average Bonchev–Trinajstić information content (AvgIpc) is 2.75. The minimum Gasteiger partial charge on any atom is -0.510 e. The number of phenols is 1. The van der Waals surface area contributed by atoms with Gasteiger partial charge in [-0.2, -0.15) is 0 Å². The topological polar surface area (TPSA) is 165 Å². The summed E-state index contributed by atoms with van der Waals surface area (Å²) >= 11 is 0. The molecule has 0 bridgehead atoms. The van der Waals surface area contributed by atoms with Crippen LogP contribution in [0.15, 0.2) is 28.7 Å². The predicted octanol–water partition coefficient (Wildman–Crippen LogP) is 0.168. The fourth-order valence-corrected chi connectivity index (χ4v) is 5.81. The maximum atomic E-state index is 13.7. The molecule has 4 rings (SSSR count).